The van der Waals surface area contributed by atoms with Crippen LogP contribution < -0.4 is 5.32 Å². The van der Waals surface area contributed by atoms with Gasteiger partial charge in [0.2, 0.25) is 5.91 Å². The van der Waals surface area contributed by atoms with Crippen molar-refractivity contribution in [3.63, 3.8) is 0 Å². The molecule has 1 aliphatic rings. The molecule has 4 rings (SSSR count). The molecule has 1 N–H and O–H groups in total. The fourth-order valence-corrected chi connectivity index (χ4v) is 5.63. The molecule has 1 aromatic carbocycles. The molecule has 3 aromatic rings. The molecule has 1 atom stereocenters. The standard InChI is InChI=1S/C20H22ClN3O2S2/c1-12(18(25)22-11-13-7-3-2-4-8-13)27-20-24-23-19(26-20)17-16(21)14-9-5-6-10-15(14)28-17/h5-6,9-10,12-13H,2-4,7-8,11H2,1H3,(H,22,25)/t12-/m0/s1. The van der Waals surface area contributed by atoms with Crippen LogP contribution in [0.5, 0.6) is 0 Å². The lowest BCUT2D eigenvalue weighted by Crippen LogP contribution is -2.35. The van der Waals surface area contributed by atoms with E-state index in [9.17, 15) is 4.79 Å². The average molecular weight is 436 g/mol. The Balaban J connectivity index is 1.38. The van der Waals surface area contributed by atoms with Gasteiger partial charge in [-0.05, 0) is 31.7 Å². The molecule has 2 aromatic heterocycles. The smallest absolute Gasteiger partial charge is 0.277 e. The summed E-state index contributed by atoms with van der Waals surface area (Å²) < 4.78 is 6.86. The van der Waals surface area contributed by atoms with Crippen molar-refractivity contribution in [2.45, 2.75) is 49.5 Å². The molecule has 8 heteroatoms. The van der Waals surface area contributed by atoms with E-state index in [2.05, 4.69) is 15.5 Å². The van der Waals surface area contributed by atoms with Crippen LogP contribution in [0.15, 0.2) is 33.9 Å². The van der Waals surface area contributed by atoms with E-state index in [1.807, 2.05) is 31.2 Å². The van der Waals surface area contributed by atoms with Crippen molar-refractivity contribution in [1.82, 2.24) is 15.5 Å². The minimum absolute atomic E-state index is 0.00946. The molecule has 1 amide bonds. The van der Waals surface area contributed by atoms with Crippen LogP contribution in [0.2, 0.25) is 5.02 Å². The van der Waals surface area contributed by atoms with Crippen molar-refractivity contribution in [1.29, 1.82) is 0 Å². The minimum atomic E-state index is -0.297. The molecule has 1 aliphatic carbocycles. The van der Waals surface area contributed by atoms with Crippen molar-refractivity contribution < 1.29 is 9.21 Å². The number of thiophene rings is 1. The summed E-state index contributed by atoms with van der Waals surface area (Å²) in [5, 5.41) is 13.0. The van der Waals surface area contributed by atoms with Crippen LogP contribution in [-0.4, -0.2) is 27.9 Å². The second kappa shape index (κ2) is 8.84. The van der Waals surface area contributed by atoms with E-state index >= 15 is 0 Å². The third-order valence-electron chi connectivity index (χ3n) is 5.07. The maximum Gasteiger partial charge on any atom is 0.277 e. The number of aromatic nitrogens is 2. The molecule has 0 unspecified atom stereocenters. The third kappa shape index (κ3) is 4.36. The van der Waals surface area contributed by atoms with Crippen LogP contribution in [0.3, 0.4) is 0 Å². The van der Waals surface area contributed by atoms with Gasteiger partial charge in [0.15, 0.2) is 0 Å². The molecule has 0 radical (unpaired) electrons. The van der Waals surface area contributed by atoms with Crippen molar-refractivity contribution >= 4 is 50.7 Å². The highest BCUT2D eigenvalue weighted by atomic mass is 35.5. The Labute approximate surface area is 177 Å². The molecule has 0 aliphatic heterocycles. The number of nitrogens with zero attached hydrogens (tertiary/aromatic N) is 2. The van der Waals surface area contributed by atoms with E-state index < -0.39 is 0 Å². The highest BCUT2D eigenvalue weighted by Crippen LogP contribution is 2.42. The third-order valence-corrected chi connectivity index (χ3v) is 7.67. The molecule has 0 saturated heterocycles. The predicted molar refractivity (Wildman–Crippen MR) is 115 cm³/mol. The number of fused-ring (bicyclic) bond motifs is 1. The lowest BCUT2D eigenvalue weighted by Gasteiger charge is -2.22. The van der Waals surface area contributed by atoms with Gasteiger partial charge in [0, 0.05) is 16.6 Å². The fourth-order valence-electron chi connectivity index (χ4n) is 3.49. The number of hydrogen-bond acceptors (Lipinski definition) is 6. The second-order valence-corrected chi connectivity index (χ2v) is 9.85. The van der Waals surface area contributed by atoms with Crippen molar-refractivity contribution in [2.24, 2.45) is 5.92 Å². The monoisotopic (exact) mass is 435 g/mol. The molecule has 0 spiro atoms. The first kappa shape index (κ1) is 19.7. The number of rotatable bonds is 6. The number of carbonyl (C=O) groups excluding carboxylic acids is 1. The maximum atomic E-state index is 12.4. The van der Waals surface area contributed by atoms with Crippen LogP contribution >= 0.6 is 34.7 Å². The SMILES string of the molecule is C[C@H](Sc1nnc(-c2sc3ccccc3c2Cl)o1)C(=O)NCC1CCCCC1. The Morgan fingerprint density at radius 3 is 2.89 bits per heavy atom. The minimum Gasteiger partial charge on any atom is -0.410 e. The molecule has 2 heterocycles. The van der Waals surface area contributed by atoms with E-state index in [0.717, 1.165) is 21.5 Å². The van der Waals surface area contributed by atoms with Crippen molar-refractivity contribution in [3.05, 3.63) is 29.3 Å². The lowest BCUT2D eigenvalue weighted by molar-refractivity contribution is -0.120. The summed E-state index contributed by atoms with van der Waals surface area (Å²) in [5.74, 6) is 1.01. The van der Waals surface area contributed by atoms with Gasteiger partial charge in [0.1, 0.15) is 4.88 Å². The van der Waals surface area contributed by atoms with Crippen LogP contribution in [0.4, 0.5) is 0 Å². The van der Waals surface area contributed by atoms with Crippen molar-refractivity contribution in [3.8, 4) is 10.8 Å². The first-order valence-corrected chi connectivity index (χ1v) is 11.6. The molecule has 5 nitrogen and oxygen atoms in total. The number of amides is 1. The average Bonchev–Trinajstić information content (AvgIpc) is 3.31. The largest absolute Gasteiger partial charge is 0.410 e. The van der Waals surface area contributed by atoms with Gasteiger partial charge in [-0.1, -0.05) is 60.8 Å². The van der Waals surface area contributed by atoms with E-state index in [1.165, 1.54) is 55.2 Å². The number of halogens is 1. The van der Waals surface area contributed by atoms with Gasteiger partial charge in [-0.25, -0.2) is 0 Å². The van der Waals surface area contributed by atoms with Crippen molar-refractivity contribution in [2.75, 3.05) is 6.54 Å². The fraction of sp³-hybridized carbons (Fsp3) is 0.450. The molecule has 0 bridgehead atoms. The van der Waals surface area contributed by atoms with Gasteiger partial charge in [0.25, 0.3) is 11.1 Å². The van der Waals surface area contributed by atoms with Crippen LogP contribution in [0, 0.1) is 5.92 Å². The topological polar surface area (TPSA) is 68.0 Å². The molecule has 1 saturated carbocycles. The summed E-state index contributed by atoms with van der Waals surface area (Å²) in [7, 11) is 0. The van der Waals surface area contributed by atoms with Gasteiger partial charge in [-0.2, -0.15) is 0 Å². The van der Waals surface area contributed by atoms with Gasteiger partial charge < -0.3 is 9.73 Å². The number of thioether (sulfide) groups is 1. The Bertz CT molecular complexity index is 965. The molecular weight excluding hydrogens is 414 g/mol. The Morgan fingerprint density at radius 1 is 1.32 bits per heavy atom. The van der Waals surface area contributed by atoms with E-state index in [-0.39, 0.29) is 11.2 Å². The molecule has 148 valence electrons. The van der Waals surface area contributed by atoms with Crippen LogP contribution in [0.25, 0.3) is 20.9 Å². The zero-order valence-electron chi connectivity index (χ0n) is 15.6. The zero-order chi connectivity index (χ0) is 19.5. The van der Waals surface area contributed by atoms with E-state index in [0.29, 0.717) is 22.1 Å². The van der Waals surface area contributed by atoms with Gasteiger partial charge in [-0.3, -0.25) is 4.79 Å². The Hall–Kier alpha value is -1.57. The number of nitrogens with one attached hydrogen (secondary N) is 1. The maximum absolute atomic E-state index is 12.4. The summed E-state index contributed by atoms with van der Waals surface area (Å²) in [6.07, 6.45) is 6.29. The van der Waals surface area contributed by atoms with E-state index in [4.69, 9.17) is 16.0 Å². The summed E-state index contributed by atoms with van der Waals surface area (Å²) in [6, 6.07) is 7.91. The summed E-state index contributed by atoms with van der Waals surface area (Å²) in [5.41, 5.74) is 0. The summed E-state index contributed by atoms with van der Waals surface area (Å²) in [4.78, 5) is 13.2. The summed E-state index contributed by atoms with van der Waals surface area (Å²) in [6.45, 7) is 2.62. The quantitative estimate of drug-likeness (QED) is 0.497. The van der Waals surface area contributed by atoms with Gasteiger partial charge in [-0.15, -0.1) is 21.5 Å². The number of benzene rings is 1. The zero-order valence-corrected chi connectivity index (χ0v) is 18.0. The molecule has 28 heavy (non-hydrogen) atoms. The highest BCUT2D eigenvalue weighted by molar-refractivity contribution is 8.00. The molecule has 1 fully saturated rings. The van der Waals surface area contributed by atoms with E-state index in [1.54, 1.807) is 0 Å². The van der Waals surface area contributed by atoms with Crippen LogP contribution in [-0.2, 0) is 4.79 Å². The predicted octanol–water partition coefficient (Wildman–Crippen LogP) is 5.78. The van der Waals surface area contributed by atoms with Crippen LogP contribution in [0.1, 0.15) is 39.0 Å². The Morgan fingerprint density at radius 2 is 2.11 bits per heavy atom. The molecular formula is C20H22ClN3O2S2. The second-order valence-electron chi connectivity index (χ2n) is 7.12. The first-order chi connectivity index (χ1) is 13.6. The lowest BCUT2D eigenvalue weighted by atomic mass is 9.89. The highest BCUT2D eigenvalue weighted by Gasteiger charge is 2.22. The van der Waals surface area contributed by atoms with Gasteiger partial charge in [0.05, 0.1) is 10.3 Å². The normalized spacial score (nSPS) is 16.4. The Kier molecular flexibility index (Phi) is 6.23. The number of hydrogen-bond donors (Lipinski definition) is 1. The summed E-state index contributed by atoms with van der Waals surface area (Å²) >= 11 is 9.28. The number of carbonyl (C=O) groups is 1. The first-order valence-electron chi connectivity index (χ1n) is 9.57. The van der Waals surface area contributed by atoms with Gasteiger partial charge >= 0.3 is 0 Å².